The number of nitrogens with zero attached hydrogens (tertiary/aromatic N) is 6. The minimum atomic E-state index is -0.121. The summed E-state index contributed by atoms with van der Waals surface area (Å²) in [4.78, 5) is 32.8. The van der Waals surface area contributed by atoms with Gasteiger partial charge in [-0.15, -0.1) is 0 Å². The van der Waals surface area contributed by atoms with E-state index in [4.69, 9.17) is 10.2 Å². The molecule has 1 aliphatic heterocycles. The predicted octanol–water partition coefficient (Wildman–Crippen LogP) is 1.62. The first-order valence-corrected chi connectivity index (χ1v) is 8.55. The van der Waals surface area contributed by atoms with E-state index in [2.05, 4.69) is 19.9 Å². The van der Waals surface area contributed by atoms with Crippen LogP contribution in [0.25, 0.3) is 21.9 Å². The summed E-state index contributed by atoms with van der Waals surface area (Å²) in [6.45, 7) is 3.37. The fourth-order valence-corrected chi connectivity index (χ4v) is 3.61. The molecule has 26 heavy (non-hydrogen) atoms. The molecule has 3 aromatic heterocycles. The number of pyridine rings is 1. The van der Waals surface area contributed by atoms with E-state index in [0.29, 0.717) is 12.2 Å². The number of rotatable bonds is 3. The summed E-state index contributed by atoms with van der Waals surface area (Å²) in [5.74, 6) is 1.54. The van der Waals surface area contributed by atoms with Crippen molar-refractivity contribution in [3.63, 3.8) is 0 Å². The number of amides is 1. The number of nitriles is 1. The summed E-state index contributed by atoms with van der Waals surface area (Å²) in [6.07, 6.45) is 4.28. The molecule has 0 aromatic carbocycles. The molecule has 1 atom stereocenters. The number of carbonyl (C=O) groups is 1. The lowest BCUT2D eigenvalue weighted by Crippen LogP contribution is -2.35. The molecule has 8 nitrogen and oxygen atoms in total. The molecule has 4 heterocycles. The summed E-state index contributed by atoms with van der Waals surface area (Å²) in [7, 11) is 1.67. The van der Waals surface area contributed by atoms with Crippen LogP contribution in [0.1, 0.15) is 12.2 Å². The van der Waals surface area contributed by atoms with Gasteiger partial charge in [0, 0.05) is 31.7 Å². The van der Waals surface area contributed by atoms with Crippen LogP contribution >= 0.6 is 0 Å². The summed E-state index contributed by atoms with van der Waals surface area (Å²) < 4.78 is 0. The molecule has 1 amide bonds. The Kier molecular flexibility index (Phi) is 3.92. The van der Waals surface area contributed by atoms with Crippen molar-refractivity contribution in [1.82, 2.24) is 24.8 Å². The van der Waals surface area contributed by atoms with Crippen LogP contribution in [0, 0.1) is 24.2 Å². The Bertz CT molecular complexity index is 1040. The molecule has 1 fully saturated rings. The summed E-state index contributed by atoms with van der Waals surface area (Å²) >= 11 is 0. The second kappa shape index (κ2) is 6.26. The molecule has 1 aliphatic rings. The highest BCUT2D eigenvalue weighted by Crippen LogP contribution is 2.33. The van der Waals surface area contributed by atoms with Crippen molar-refractivity contribution >= 4 is 33.7 Å². The number of hydrogen-bond donors (Lipinski definition) is 1. The number of carbonyl (C=O) groups excluding carboxylic acids is 1. The Morgan fingerprint density at radius 3 is 3.15 bits per heavy atom. The van der Waals surface area contributed by atoms with Gasteiger partial charge in [0.2, 0.25) is 5.91 Å². The molecule has 0 radical (unpaired) electrons. The summed E-state index contributed by atoms with van der Waals surface area (Å²) in [5, 5.41) is 10.7. The number of hydrogen-bond acceptors (Lipinski definition) is 6. The number of nitrogens with one attached hydrogen (secondary N) is 1. The number of anilines is 1. The Labute approximate surface area is 150 Å². The molecule has 1 unspecified atom stereocenters. The van der Waals surface area contributed by atoms with Crippen LogP contribution in [0.5, 0.6) is 0 Å². The van der Waals surface area contributed by atoms with Gasteiger partial charge in [-0.1, -0.05) is 0 Å². The van der Waals surface area contributed by atoms with Crippen LogP contribution in [0.3, 0.4) is 0 Å². The standard InChI is InChI=1S/C18H19N7O/c1-11-22-14-9-21-16-13(3-6-20-16)15(14)17(23-11)25-7-4-12(10-25)18(26)24(2)8-5-19/h3,6,9,12H,4,7-8,10H2,1-2H3,(H,22,23). The molecule has 8 heteroatoms. The normalized spacial score (nSPS) is 17.0. The quantitative estimate of drug-likeness (QED) is 0.721. The second-order valence-electron chi connectivity index (χ2n) is 6.66. The Hall–Kier alpha value is -3.21. The van der Waals surface area contributed by atoms with Crippen LogP contribution in [0.2, 0.25) is 0 Å². The number of aromatic nitrogens is 4. The largest absolute Gasteiger partial charge is 0.355 e. The topological polar surface area (TPSA) is 102 Å². The third-order valence-electron chi connectivity index (χ3n) is 4.87. The van der Waals surface area contributed by atoms with Gasteiger partial charge >= 0.3 is 0 Å². The smallest absolute Gasteiger partial charge is 0.228 e. The van der Waals surface area contributed by atoms with Gasteiger partial charge in [0.15, 0.2) is 5.65 Å². The van der Waals surface area contributed by atoms with Crippen molar-refractivity contribution in [3.05, 3.63) is 24.3 Å². The second-order valence-corrected chi connectivity index (χ2v) is 6.66. The lowest BCUT2D eigenvalue weighted by atomic mass is 10.1. The highest BCUT2D eigenvalue weighted by atomic mass is 16.2. The molecular weight excluding hydrogens is 330 g/mol. The average molecular weight is 349 g/mol. The first kappa shape index (κ1) is 16.3. The number of H-pyrrole nitrogens is 1. The van der Waals surface area contributed by atoms with E-state index in [-0.39, 0.29) is 18.4 Å². The van der Waals surface area contributed by atoms with Crippen LogP contribution in [-0.2, 0) is 4.79 Å². The molecule has 132 valence electrons. The third kappa shape index (κ3) is 2.62. The predicted molar refractivity (Wildman–Crippen MR) is 97.5 cm³/mol. The van der Waals surface area contributed by atoms with Crippen molar-refractivity contribution in [2.24, 2.45) is 5.92 Å². The zero-order valence-electron chi connectivity index (χ0n) is 14.7. The molecule has 0 aliphatic carbocycles. The van der Waals surface area contributed by atoms with Crippen molar-refractivity contribution < 1.29 is 4.79 Å². The Balaban J connectivity index is 1.72. The van der Waals surface area contributed by atoms with E-state index in [1.807, 2.05) is 19.1 Å². The van der Waals surface area contributed by atoms with Crippen LogP contribution in [-0.4, -0.2) is 57.4 Å². The van der Waals surface area contributed by atoms with Crippen LogP contribution in [0.4, 0.5) is 5.82 Å². The van der Waals surface area contributed by atoms with Gasteiger partial charge < -0.3 is 14.8 Å². The van der Waals surface area contributed by atoms with E-state index in [1.54, 1.807) is 19.4 Å². The van der Waals surface area contributed by atoms with Gasteiger partial charge in [-0.3, -0.25) is 4.79 Å². The zero-order valence-corrected chi connectivity index (χ0v) is 14.7. The van der Waals surface area contributed by atoms with Crippen LogP contribution < -0.4 is 4.90 Å². The first-order valence-electron chi connectivity index (χ1n) is 8.55. The van der Waals surface area contributed by atoms with Crippen LogP contribution in [0.15, 0.2) is 18.5 Å². The number of aryl methyl sites for hydroxylation is 1. The number of aromatic amines is 1. The molecule has 3 aromatic rings. The van der Waals surface area contributed by atoms with Crippen molar-refractivity contribution in [1.29, 1.82) is 5.26 Å². The minimum absolute atomic E-state index is 0.0133. The molecule has 4 rings (SSSR count). The van der Waals surface area contributed by atoms with Crippen molar-refractivity contribution in [3.8, 4) is 6.07 Å². The fraction of sp³-hybridized carbons (Fsp3) is 0.389. The Morgan fingerprint density at radius 1 is 1.50 bits per heavy atom. The number of fused-ring (bicyclic) bond motifs is 3. The minimum Gasteiger partial charge on any atom is -0.355 e. The summed E-state index contributed by atoms with van der Waals surface area (Å²) in [6, 6.07) is 3.97. The van der Waals surface area contributed by atoms with E-state index < -0.39 is 0 Å². The van der Waals surface area contributed by atoms with Gasteiger partial charge in [0.1, 0.15) is 18.2 Å². The average Bonchev–Trinajstić information content (AvgIpc) is 3.29. The van der Waals surface area contributed by atoms with Crippen molar-refractivity contribution in [2.75, 3.05) is 31.6 Å². The molecule has 0 bridgehead atoms. The van der Waals surface area contributed by atoms with Gasteiger partial charge in [0.05, 0.1) is 29.1 Å². The molecule has 0 spiro atoms. The SMILES string of the molecule is Cc1nc(N2CCC(C(=O)N(C)CC#N)C2)c2c(cnc3nccc32)[nH]1. The van der Waals surface area contributed by atoms with E-state index in [1.165, 1.54) is 4.90 Å². The maximum Gasteiger partial charge on any atom is 0.228 e. The van der Waals surface area contributed by atoms with E-state index in [0.717, 1.165) is 40.9 Å². The van der Waals surface area contributed by atoms with E-state index >= 15 is 0 Å². The first-order chi connectivity index (χ1) is 12.6. The fourth-order valence-electron chi connectivity index (χ4n) is 3.61. The van der Waals surface area contributed by atoms with Gasteiger partial charge in [-0.25, -0.2) is 15.0 Å². The van der Waals surface area contributed by atoms with Gasteiger partial charge in [-0.05, 0) is 19.4 Å². The third-order valence-corrected chi connectivity index (χ3v) is 4.87. The maximum atomic E-state index is 12.5. The van der Waals surface area contributed by atoms with Crippen molar-refractivity contribution in [2.45, 2.75) is 13.3 Å². The zero-order chi connectivity index (χ0) is 18.3. The highest BCUT2D eigenvalue weighted by Gasteiger charge is 2.32. The monoisotopic (exact) mass is 349 g/mol. The van der Waals surface area contributed by atoms with Gasteiger partial charge in [-0.2, -0.15) is 5.26 Å². The molecular formula is C18H19N7O. The lowest BCUT2D eigenvalue weighted by Gasteiger charge is -2.21. The molecule has 0 saturated carbocycles. The van der Waals surface area contributed by atoms with E-state index in [9.17, 15) is 4.79 Å². The Morgan fingerprint density at radius 2 is 2.35 bits per heavy atom. The lowest BCUT2D eigenvalue weighted by molar-refractivity contribution is -0.132. The van der Waals surface area contributed by atoms with Gasteiger partial charge in [0.25, 0.3) is 0 Å². The summed E-state index contributed by atoms with van der Waals surface area (Å²) in [5.41, 5.74) is 1.60. The maximum absolute atomic E-state index is 12.5. The molecule has 1 saturated heterocycles. The highest BCUT2D eigenvalue weighted by molar-refractivity contribution is 6.09. The molecule has 1 N–H and O–H groups in total.